The molecule has 0 aliphatic carbocycles. The van der Waals surface area contributed by atoms with E-state index in [1.54, 1.807) is 108 Å². The Bertz CT molecular complexity index is 2410. The van der Waals surface area contributed by atoms with Crippen LogP contribution in [0.4, 0.5) is 0 Å². The second-order valence-corrected chi connectivity index (χ2v) is 19.1. The Hall–Kier alpha value is -4.56. The van der Waals surface area contributed by atoms with E-state index in [-0.39, 0.29) is 41.7 Å². The molecule has 0 bridgehead atoms. The van der Waals surface area contributed by atoms with Gasteiger partial charge in [0.15, 0.2) is 5.56 Å². The smallest absolute Gasteiger partial charge is 0.347 e. The van der Waals surface area contributed by atoms with Crippen molar-refractivity contribution < 1.29 is 43.6 Å². The van der Waals surface area contributed by atoms with Crippen LogP contribution in [0.25, 0.3) is 11.4 Å². The van der Waals surface area contributed by atoms with Crippen LogP contribution in [0.3, 0.4) is 0 Å². The molecule has 1 amide bonds. The Morgan fingerprint density at radius 1 is 0.705 bits per heavy atom. The number of halogens is 2. The number of esters is 3. The van der Waals surface area contributed by atoms with Crippen molar-refractivity contribution in [3.63, 3.8) is 0 Å². The van der Waals surface area contributed by atoms with Gasteiger partial charge in [-0.2, -0.15) is 23.5 Å². The molecule has 0 unspecified atom stereocenters. The highest BCUT2D eigenvalue weighted by Gasteiger charge is 2.31. The monoisotopic (exact) mass is 1010 g/mol. The molecule has 4 heterocycles. The maximum atomic E-state index is 13.2. The van der Waals surface area contributed by atoms with Crippen molar-refractivity contribution in [1.29, 1.82) is 0 Å². The fourth-order valence-electron chi connectivity index (χ4n) is 5.94. The molecule has 0 atom stereocenters. The summed E-state index contributed by atoms with van der Waals surface area (Å²) in [5.74, 6) is -0.964. The van der Waals surface area contributed by atoms with Crippen molar-refractivity contribution in [3.05, 3.63) is 112 Å². The predicted octanol–water partition coefficient (Wildman–Crippen LogP) is 6.64. The van der Waals surface area contributed by atoms with Crippen LogP contribution in [0.1, 0.15) is 91.7 Å². The zero-order valence-electron chi connectivity index (χ0n) is 34.7. The largest absolute Gasteiger partial charge is 0.507 e. The number of nitrogens with two attached hydrogens (primary N) is 1. The number of carbonyl (C=O) groups excluding carboxylic acids is 4. The van der Waals surface area contributed by atoms with Gasteiger partial charge in [0.2, 0.25) is 0 Å². The van der Waals surface area contributed by atoms with E-state index in [0.29, 0.717) is 51.2 Å². The zero-order valence-corrected chi connectivity index (χ0v) is 39.5. The van der Waals surface area contributed by atoms with Crippen LogP contribution in [0.2, 0.25) is 0 Å². The van der Waals surface area contributed by atoms with E-state index in [2.05, 4.69) is 37.2 Å². The van der Waals surface area contributed by atoms with Crippen LogP contribution in [0.5, 0.6) is 11.5 Å². The summed E-state index contributed by atoms with van der Waals surface area (Å²) in [4.78, 5) is 73.1. The second-order valence-electron chi connectivity index (χ2n) is 15.3. The highest BCUT2D eigenvalue weighted by Crippen LogP contribution is 2.39. The van der Waals surface area contributed by atoms with Crippen molar-refractivity contribution in [2.24, 2.45) is 5.73 Å². The van der Waals surface area contributed by atoms with Gasteiger partial charge in [0.05, 0.1) is 13.2 Å². The van der Waals surface area contributed by atoms with Crippen LogP contribution >= 0.6 is 55.4 Å². The highest BCUT2D eigenvalue weighted by atomic mass is 79.9. The van der Waals surface area contributed by atoms with Gasteiger partial charge in [-0.1, -0.05) is 31.9 Å². The predicted molar refractivity (Wildman–Crippen MR) is 242 cm³/mol. The standard InChI is InChI=1S/C20H21BrN2O5S.C16H14BrNO4S.C6H13NO2/c1-20(2,3)28-15(24)8-22-18(26)16-17(25)13-9-29-10-14(13)23(19(16)27)12-6-4-11(21)5-7-12;1-2-22-16(21)13-14(19)11-7-23-8-12(11)18(15(13)20)10-5-3-9(17)4-6-10;1-6(2,3)9-5(8)4-7/h4-7,25H,8-10H2,1-3H3,(H,22,26);3-6,19H,2,7-8H2,1H3;4,7H2,1-3H3. The van der Waals surface area contributed by atoms with Gasteiger partial charge in [0.1, 0.15) is 34.8 Å². The Morgan fingerprint density at radius 2 is 1.11 bits per heavy atom. The molecule has 19 heteroatoms. The average molecular weight is 1010 g/mol. The van der Waals surface area contributed by atoms with Crippen LogP contribution in [-0.4, -0.2) is 74.1 Å². The minimum absolute atomic E-state index is 0.0444. The number of hydrogen-bond acceptors (Lipinski definition) is 14. The normalized spacial score (nSPS) is 12.8. The molecule has 0 spiro atoms. The van der Waals surface area contributed by atoms with E-state index in [1.807, 2.05) is 12.1 Å². The Balaban J connectivity index is 0.000000228. The third-order valence-electron chi connectivity index (χ3n) is 8.36. The van der Waals surface area contributed by atoms with Crippen LogP contribution in [-0.2, 0) is 46.8 Å². The molecular formula is C42H48Br2N4O11S2. The number of rotatable bonds is 8. The van der Waals surface area contributed by atoms with Crippen molar-refractivity contribution in [1.82, 2.24) is 14.5 Å². The Labute approximate surface area is 378 Å². The fraction of sp³-hybridized carbons (Fsp3) is 0.381. The first-order valence-corrected chi connectivity index (χ1v) is 22.7. The lowest BCUT2D eigenvalue weighted by Gasteiger charge is -2.20. The molecule has 328 valence electrons. The number of nitrogens with one attached hydrogen (secondary N) is 1. The van der Waals surface area contributed by atoms with E-state index in [9.17, 15) is 39.0 Å². The van der Waals surface area contributed by atoms with Gasteiger partial charge in [-0.3, -0.25) is 33.1 Å². The number of ether oxygens (including phenoxy) is 3. The van der Waals surface area contributed by atoms with Crippen molar-refractivity contribution >= 4 is 79.2 Å². The van der Waals surface area contributed by atoms with Gasteiger partial charge >= 0.3 is 17.9 Å². The van der Waals surface area contributed by atoms with Crippen LogP contribution in [0.15, 0.2) is 67.1 Å². The molecule has 15 nitrogen and oxygen atoms in total. The van der Waals surface area contributed by atoms with Gasteiger partial charge in [-0.05, 0) is 97.0 Å². The molecule has 2 aliphatic rings. The minimum Gasteiger partial charge on any atom is -0.507 e. The zero-order chi connectivity index (χ0) is 45.4. The van der Waals surface area contributed by atoms with Gasteiger partial charge in [-0.25, -0.2) is 4.79 Å². The fourth-order valence-corrected chi connectivity index (χ4v) is 8.68. The summed E-state index contributed by atoms with van der Waals surface area (Å²) in [5.41, 5.74) is 5.88. The van der Waals surface area contributed by atoms with Gasteiger partial charge < -0.3 is 35.5 Å². The van der Waals surface area contributed by atoms with E-state index in [1.165, 1.54) is 9.13 Å². The molecule has 61 heavy (non-hydrogen) atoms. The van der Waals surface area contributed by atoms with Crippen molar-refractivity contribution in [2.75, 3.05) is 19.7 Å². The molecule has 5 N–H and O–H groups in total. The number of hydrogen-bond donors (Lipinski definition) is 4. The number of pyridine rings is 2. The lowest BCUT2D eigenvalue weighted by Crippen LogP contribution is -2.38. The summed E-state index contributed by atoms with van der Waals surface area (Å²) in [6, 6.07) is 14.3. The first kappa shape index (κ1) is 49.1. The summed E-state index contributed by atoms with van der Waals surface area (Å²) in [6.07, 6.45) is 0. The maximum Gasteiger partial charge on any atom is 0.347 e. The SMILES string of the molecule is CC(C)(C)OC(=O)CN.CC(C)(C)OC(=O)CNC(=O)c1c(O)c2c(n(-c3ccc(Br)cc3)c1=O)CSC2.CCOC(=O)c1c(O)c2c(n(-c3ccc(Br)cc3)c1=O)CSC2. The van der Waals surface area contributed by atoms with Gasteiger partial charge in [0, 0.05) is 65.8 Å². The van der Waals surface area contributed by atoms with E-state index in [0.717, 1.165) is 14.6 Å². The van der Waals surface area contributed by atoms with Gasteiger partial charge in [-0.15, -0.1) is 0 Å². The summed E-state index contributed by atoms with van der Waals surface area (Å²) < 4.78 is 19.6. The number of aromatic hydroxyl groups is 2. The molecule has 6 rings (SSSR count). The Kier molecular flexibility index (Phi) is 16.9. The number of nitrogens with zero attached hydrogens (tertiary/aromatic N) is 2. The summed E-state index contributed by atoms with van der Waals surface area (Å²) in [6.45, 7) is 11.9. The van der Waals surface area contributed by atoms with Crippen molar-refractivity contribution in [3.8, 4) is 22.9 Å². The Morgan fingerprint density at radius 3 is 1.51 bits per heavy atom. The number of aromatic nitrogens is 2. The molecule has 2 aromatic heterocycles. The third kappa shape index (κ3) is 12.7. The molecule has 0 saturated carbocycles. The average Bonchev–Trinajstić information content (AvgIpc) is 3.86. The number of amides is 1. The van der Waals surface area contributed by atoms with E-state index < -0.39 is 46.7 Å². The highest BCUT2D eigenvalue weighted by molar-refractivity contribution is 9.10. The minimum atomic E-state index is -0.816. The lowest BCUT2D eigenvalue weighted by atomic mass is 10.1. The van der Waals surface area contributed by atoms with Crippen LogP contribution < -0.4 is 22.2 Å². The van der Waals surface area contributed by atoms with E-state index in [4.69, 9.17) is 19.9 Å². The maximum absolute atomic E-state index is 13.2. The summed E-state index contributed by atoms with van der Waals surface area (Å²) in [7, 11) is 0. The first-order chi connectivity index (χ1) is 28.6. The molecule has 2 aromatic carbocycles. The number of carbonyl (C=O) groups is 4. The third-order valence-corrected chi connectivity index (χ3v) is 11.4. The summed E-state index contributed by atoms with van der Waals surface area (Å²) >= 11 is 9.87. The number of benzene rings is 2. The molecule has 4 aromatic rings. The topological polar surface area (TPSA) is 218 Å². The van der Waals surface area contributed by atoms with Crippen molar-refractivity contribution in [2.45, 2.75) is 82.7 Å². The quantitative estimate of drug-likeness (QED) is 0.108. The number of thioether (sulfide) groups is 2. The number of fused-ring (bicyclic) bond motifs is 2. The second kappa shape index (κ2) is 21.0. The van der Waals surface area contributed by atoms with Gasteiger partial charge in [0.25, 0.3) is 17.0 Å². The van der Waals surface area contributed by atoms with E-state index >= 15 is 0 Å². The first-order valence-electron chi connectivity index (χ1n) is 18.8. The molecule has 2 aliphatic heterocycles. The molecule has 0 saturated heterocycles. The molecular weight excluding hydrogens is 960 g/mol. The molecule has 0 radical (unpaired) electrons. The van der Waals surface area contributed by atoms with Crippen LogP contribution in [0, 0.1) is 0 Å². The summed E-state index contributed by atoms with van der Waals surface area (Å²) in [5, 5.41) is 23.4. The lowest BCUT2D eigenvalue weighted by molar-refractivity contribution is -0.154. The molecule has 0 fully saturated rings.